The van der Waals surface area contributed by atoms with Gasteiger partial charge in [-0.15, -0.1) is 0 Å². The van der Waals surface area contributed by atoms with Crippen LogP contribution in [0.25, 0.3) is 0 Å². The van der Waals surface area contributed by atoms with Crippen LogP contribution in [0.2, 0.25) is 0 Å². The number of ether oxygens (including phenoxy) is 1. The highest BCUT2D eigenvalue weighted by atomic mass is 32.2. The van der Waals surface area contributed by atoms with Gasteiger partial charge in [0.25, 0.3) is 0 Å². The molecular weight excluding hydrogens is 194 g/mol. The Morgan fingerprint density at radius 2 is 2.15 bits per heavy atom. The first-order valence-electron chi connectivity index (χ1n) is 4.11. The molecule has 0 saturated heterocycles. The molecule has 0 aliphatic carbocycles. The van der Waals surface area contributed by atoms with Gasteiger partial charge >= 0.3 is 0 Å². The third kappa shape index (κ3) is 6.94. The van der Waals surface area contributed by atoms with Crippen LogP contribution < -0.4 is 4.72 Å². The smallest absolute Gasteiger partial charge is 0.214 e. The molecule has 0 aliphatic rings. The lowest BCUT2D eigenvalue weighted by Crippen LogP contribution is -2.35. The molecule has 13 heavy (non-hydrogen) atoms. The molecule has 0 aromatic heterocycles. The van der Waals surface area contributed by atoms with Crippen LogP contribution in [0.1, 0.15) is 13.3 Å². The Kier molecular flexibility index (Phi) is 6.23. The van der Waals surface area contributed by atoms with Crippen molar-refractivity contribution >= 4 is 10.0 Å². The zero-order chi connectivity index (χ0) is 10.3. The first-order chi connectivity index (χ1) is 6.02. The Labute approximate surface area is 79.1 Å². The fraction of sp³-hybridized carbons (Fsp3) is 1.00. The molecule has 0 spiro atoms. The Morgan fingerprint density at radius 3 is 2.62 bits per heavy atom. The highest BCUT2D eigenvalue weighted by molar-refractivity contribution is 7.89. The molecule has 1 atom stereocenters. The predicted molar refractivity (Wildman–Crippen MR) is 50.0 cm³/mol. The maximum absolute atomic E-state index is 11.2. The normalized spacial score (nSPS) is 14.4. The Hall–Kier alpha value is -0.170. The quantitative estimate of drug-likeness (QED) is 0.585. The number of aliphatic hydroxyl groups is 1. The van der Waals surface area contributed by atoms with Crippen LogP contribution in [0.15, 0.2) is 0 Å². The Bertz CT molecular complexity index is 215. The van der Waals surface area contributed by atoms with E-state index in [0.717, 1.165) is 0 Å². The van der Waals surface area contributed by atoms with Crippen LogP contribution in [0.3, 0.4) is 0 Å². The number of sulfonamides is 1. The van der Waals surface area contributed by atoms with Gasteiger partial charge in [0.1, 0.15) is 0 Å². The molecule has 0 aromatic carbocycles. The minimum absolute atomic E-state index is 0.0199. The van der Waals surface area contributed by atoms with E-state index >= 15 is 0 Å². The summed E-state index contributed by atoms with van der Waals surface area (Å²) < 4.78 is 29.5. The third-order valence-corrected chi connectivity index (χ3v) is 2.96. The fourth-order valence-corrected chi connectivity index (χ4v) is 2.05. The molecule has 5 nitrogen and oxygen atoms in total. The van der Waals surface area contributed by atoms with E-state index in [0.29, 0.717) is 6.42 Å². The number of methoxy groups -OCH3 is 1. The molecule has 0 bridgehead atoms. The van der Waals surface area contributed by atoms with Gasteiger partial charge in [0.2, 0.25) is 10.0 Å². The summed E-state index contributed by atoms with van der Waals surface area (Å²) >= 11 is 0. The fourth-order valence-electron chi connectivity index (χ4n) is 0.811. The summed E-state index contributed by atoms with van der Waals surface area (Å²) in [6.45, 7) is 1.87. The molecule has 6 heteroatoms. The van der Waals surface area contributed by atoms with Crippen LogP contribution in [-0.4, -0.2) is 45.6 Å². The van der Waals surface area contributed by atoms with E-state index in [4.69, 9.17) is 5.11 Å². The van der Waals surface area contributed by atoms with Crippen molar-refractivity contribution in [2.75, 3.05) is 26.1 Å². The second kappa shape index (κ2) is 6.31. The van der Waals surface area contributed by atoms with Gasteiger partial charge in [-0.2, -0.15) is 0 Å². The van der Waals surface area contributed by atoms with Crippen LogP contribution in [-0.2, 0) is 14.8 Å². The monoisotopic (exact) mass is 211 g/mol. The average Bonchev–Trinajstić information content (AvgIpc) is 2.00. The Balaban J connectivity index is 3.87. The maximum atomic E-state index is 11.2. The molecule has 2 N–H and O–H groups in total. The number of nitrogens with one attached hydrogen (secondary N) is 1. The van der Waals surface area contributed by atoms with E-state index < -0.39 is 10.0 Å². The van der Waals surface area contributed by atoms with E-state index in [1.807, 2.05) is 0 Å². The first kappa shape index (κ1) is 12.8. The van der Waals surface area contributed by atoms with Crippen molar-refractivity contribution in [1.29, 1.82) is 0 Å². The van der Waals surface area contributed by atoms with Crippen molar-refractivity contribution < 1.29 is 18.3 Å². The minimum atomic E-state index is -3.25. The van der Waals surface area contributed by atoms with Crippen molar-refractivity contribution in [1.82, 2.24) is 4.72 Å². The van der Waals surface area contributed by atoms with E-state index in [9.17, 15) is 8.42 Å². The number of hydrogen-bond acceptors (Lipinski definition) is 4. The lowest BCUT2D eigenvalue weighted by Gasteiger charge is -2.12. The summed E-state index contributed by atoms with van der Waals surface area (Å²) in [6.07, 6.45) is 0.423. The largest absolute Gasteiger partial charge is 0.396 e. The standard InChI is InChI=1S/C7H17NO4S/c1-7(3-4-9)8-13(10,11)6-5-12-2/h7-9H,3-6H2,1-2H3. The van der Waals surface area contributed by atoms with Gasteiger partial charge in [-0.3, -0.25) is 0 Å². The summed E-state index contributed by atoms with van der Waals surface area (Å²) in [5.41, 5.74) is 0. The molecule has 0 rings (SSSR count). The topological polar surface area (TPSA) is 75.6 Å². The molecule has 0 aliphatic heterocycles. The van der Waals surface area contributed by atoms with Gasteiger partial charge in [-0.25, -0.2) is 13.1 Å². The SMILES string of the molecule is COCCS(=O)(=O)NC(C)CCO. The van der Waals surface area contributed by atoms with Gasteiger partial charge in [0.05, 0.1) is 12.4 Å². The van der Waals surface area contributed by atoms with Crippen LogP contribution >= 0.6 is 0 Å². The molecule has 0 amide bonds. The van der Waals surface area contributed by atoms with Gasteiger partial charge < -0.3 is 9.84 Å². The highest BCUT2D eigenvalue weighted by Gasteiger charge is 2.13. The summed E-state index contributed by atoms with van der Waals surface area (Å²) in [6, 6.07) is -0.230. The number of aliphatic hydroxyl groups excluding tert-OH is 1. The summed E-state index contributed by atoms with van der Waals surface area (Å²) in [7, 11) is -1.80. The van der Waals surface area contributed by atoms with E-state index in [-0.39, 0.29) is 25.0 Å². The molecule has 0 fully saturated rings. The lowest BCUT2D eigenvalue weighted by atomic mass is 10.3. The van der Waals surface area contributed by atoms with E-state index in [1.54, 1.807) is 6.92 Å². The zero-order valence-corrected chi connectivity index (χ0v) is 8.80. The van der Waals surface area contributed by atoms with Crippen LogP contribution in [0, 0.1) is 0 Å². The summed E-state index contributed by atoms with van der Waals surface area (Å²) in [5, 5.41) is 8.55. The van der Waals surface area contributed by atoms with Crippen LogP contribution in [0.4, 0.5) is 0 Å². The summed E-state index contributed by atoms with van der Waals surface area (Å²) in [4.78, 5) is 0. The molecule has 0 saturated carbocycles. The average molecular weight is 211 g/mol. The van der Waals surface area contributed by atoms with Crippen molar-refractivity contribution in [3.63, 3.8) is 0 Å². The van der Waals surface area contributed by atoms with Crippen molar-refractivity contribution in [3.8, 4) is 0 Å². The zero-order valence-electron chi connectivity index (χ0n) is 7.99. The molecule has 80 valence electrons. The number of rotatable bonds is 7. The van der Waals surface area contributed by atoms with Crippen molar-refractivity contribution in [2.45, 2.75) is 19.4 Å². The lowest BCUT2D eigenvalue weighted by molar-refractivity contribution is 0.216. The molecule has 0 aromatic rings. The van der Waals surface area contributed by atoms with Gasteiger partial charge in [0, 0.05) is 19.8 Å². The second-order valence-electron chi connectivity index (χ2n) is 2.84. The Morgan fingerprint density at radius 1 is 1.54 bits per heavy atom. The molecule has 0 heterocycles. The maximum Gasteiger partial charge on any atom is 0.214 e. The van der Waals surface area contributed by atoms with Crippen molar-refractivity contribution in [2.24, 2.45) is 0 Å². The van der Waals surface area contributed by atoms with Crippen molar-refractivity contribution in [3.05, 3.63) is 0 Å². The highest BCUT2D eigenvalue weighted by Crippen LogP contribution is 1.93. The van der Waals surface area contributed by atoms with Gasteiger partial charge in [-0.05, 0) is 13.3 Å². The molecular formula is C7H17NO4S. The molecule has 0 radical (unpaired) electrons. The second-order valence-corrected chi connectivity index (χ2v) is 4.72. The summed E-state index contributed by atoms with van der Waals surface area (Å²) in [5.74, 6) is -0.0424. The van der Waals surface area contributed by atoms with Gasteiger partial charge in [0.15, 0.2) is 0 Å². The molecule has 1 unspecified atom stereocenters. The van der Waals surface area contributed by atoms with E-state index in [1.165, 1.54) is 7.11 Å². The first-order valence-corrected chi connectivity index (χ1v) is 5.77. The number of hydrogen-bond donors (Lipinski definition) is 2. The van der Waals surface area contributed by atoms with Gasteiger partial charge in [-0.1, -0.05) is 0 Å². The third-order valence-electron chi connectivity index (χ3n) is 1.50. The van der Waals surface area contributed by atoms with E-state index in [2.05, 4.69) is 9.46 Å². The predicted octanol–water partition coefficient (Wildman–Crippen LogP) is -0.677. The minimum Gasteiger partial charge on any atom is -0.396 e. The van der Waals surface area contributed by atoms with Crippen LogP contribution in [0.5, 0.6) is 0 Å².